The van der Waals surface area contributed by atoms with E-state index in [1.54, 1.807) is 32.9 Å². The topological polar surface area (TPSA) is 102 Å². The third-order valence-electron chi connectivity index (χ3n) is 3.37. The second-order valence-electron chi connectivity index (χ2n) is 6.75. The van der Waals surface area contributed by atoms with Crippen molar-refractivity contribution in [3.8, 4) is 0 Å². The molecule has 0 aliphatic heterocycles. The van der Waals surface area contributed by atoms with Gasteiger partial charge in [0.25, 0.3) is 0 Å². The number of anilines is 1. The van der Waals surface area contributed by atoms with Crippen molar-refractivity contribution in [2.24, 2.45) is 0 Å². The molecule has 1 amide bonds. The van der Waals surface area contributed by atoms with Gasteiger partial charge in [-0.15, -0.1) is 11.3 Å². The first-order chi connectivity index (χ1) is 12.6. The predicted molar refractivity (Wildman–Crippen MR) is 101 cm³/mol. The van der Waals surface area contributed by atoms with Gasteiger partial charge in [0, 0.05) is 0 Å². The molecule has 0 fully saturated rings. The van der Waals surface area contributed by atoms with Gasteiger partial charge in [-0.25, -0.2) is 14.4 Å². The van der Waals surface area contributed by atoms with Gasteiger partial charge >= 0.3 is 18.0 Å². The Kier molecular flexibility index (Phi) is 6.22. The van der Waals surface area contributed by atoms with Crippen molar-refractivity contribution < 1.29 is 29.0 Å². The van der Waals surface area contributed by atoms with Crippen LogP contribution in [0.5, 0.6) is 0 Å². The normalized spacial score (nSPS) is 11.0. The summed E-state index contributed by atoms with van der Waals surface area (Å²) < 4.78 is 10.5. The molecule has 27 heavy (non-hydrogen) atoms. The molecule has 0 bridgehead atoms. The van der Waals surface area contributed by atoms with Gasteiger partial charge in [-0.05, 0) is 38.8 Å². The van der Waals surface area contributed by atoms with Crippen molar-refractivity contribution in [3.63, 3.8) is 0 Å². The van der Waals surface area contributed by atoms with Crippen LogP contribution in [0.2, 0.25) is 0 Å². The van der Waals surface area contributed by atoms with E-state index in [-0.39, 0.29) is 27.6 Å². The maximum Gasteiger partial charge on any atom is 0.412 e. The van der Waals surface area contributed by atoms with Crippen molar-refractivity contribution in [2.75, 3.05) is 5.32 Å². The molecular weight excluding hydrogens is 370 g/mol. The lowest BCUT2D eigenvalue weighted by Gasteiger charge is -2.20. The van der Waals surface area contributed by atoms with Crippen LogP contribution in [0.3, 0.4) is 0 Å². The number of hydrogen-bond acceptors (Lipinski definition) is 6. The Balaban J connectivity index is 2.21. The van der Waals surface area contributed by atoms with E-state index in [4.69, 9.17) is 9.47 Å². The van der Waals surface area contributed by atoms with Gasteiger partial charge in [0.05, 0.1) is 5.56 Å². The fourth-order valence-corrected chi connectivity index (χ4v) is 3.25. The molecule has 0 aliphatic carbocycles. The van der Waals surface area contributed by atoms with Crippen LogP contribution in [-0.4, -0.2) is 28.7 Å². The molecule has 2 rings (SSSR count). The van der Waals surface area contributed by atoms with E-state index in [1.807, 2.05) is 18.2 Å². The molecule has 8 heteroatoms. The van der Waals surface area contributed by atoms with E-state index in [1.165, 1.54) is 6.92 Å². The Hall–Kier alpha value is -2.87. The number of nitrogens with one attached hydrogen (secondary N) is 1. The summed E-state index contributed by atoms with van der Waals surface area (Å²) in [5, 5.41) is 11.9. The average Bonchev–Trinajstić information content (AvgIpc) is 2.89. The zero-order chi connectivity index (χ0) is 20.2. The highest BCUT2D eigenvalue weighted by Gasteiger charge is 2.29. The summed E-state index contributed by atoms with van der Waals surface area (Å²) in [5.41, 5.74) is 0.289. The number of carboxylic acid groups (broad SMARTS) is 1. The molecule has 0 aliphatic rings. The van der Waals surface area contributed by atoms with Crippen molar-refractivity contribution in [3.05, 3.63) is 51.9 Å². The van der Waals surface area contributed by atoms with Crippen molar-refractivity contribution in [2.45, 2.75) is 39.9 Å². The number of aromatic carboxylic acids is 1. The Labute approximate surface area is 160 Å². The Morgan fingerprint density at radius 1 is 1.15 bits per heavy atom. The molecule has 2 aromatic rings. The molecule has 1 aromatic carbocycles. The first kappa shape index (κ1) is 20.4. The van der Waals surface area contributed by atoms with E-state index in [2.05, 4.69) is 5.32 Å². The number of hydrogen-bond donors (Lipinski definition) is 2. The average molecular weight is 391 g/mol. The molecule has 1 aromatic heterocycles. The summed E-state index contributed by atoms with van der Waals surface area (Å²) in [7, 11) is 0. The molecule has 0 saturated heterocycles. The molecule has 0 unspecified atom stereocenters. The number of carbonyl (C=O) groups excluding carboxylic acids is 2. The summed E-state index contributed by atoms with van der Waals surface area (Å²) in [6, 6.07) is 9.09. The van der Waals surface area contributed by atoms with Crippen LogP contribution in [0.25, 0.3) is 0 Å². The van der Waals surface area contributed by atoms with Crippen LogP contribution in [0, 0.1) is 6.92 Å². The van der Waals surface area contributed by atoms with Gasteiger partial charge in [-0.2, -0.15) is 0 Å². The van der Waals surface area contributed by atoms with Gasteiger partial charge in [-0.1, -0.05) is 30.3 Å². The standard InChI is InChI=1S/C19H21NO6S/c1-11-13(17(23)26-19(2,3)4)15(27-14(11)16(21)22)20-18(24)25-10-12-8-6-5-7-9-12/h5-9H,10H2,1-4H3,(H,20,24)(H,21,22). The highest BCUT2D eigenvalue weighted by molar-refractivity contribution is 7.18. The van der Waals surface area contributed by atoms with E-state index in [0.29, 0.717) is 0 Å². The molecular formula is C19H21NO6S. The summed E-state index contributed by atoms with van der Waals surface area (Å²) >= 11 is 0.786. The van der Waals surface area contributed by atoms with Gasteiger partial charge in [0.15, 0.2) is 0 Å². The van der Waals surface area contributed by atoms with Gasteiger partial charge in [0.1, 0.15) is 22.1 Å². The van der Waals surface area contributed by atoms with E-state index < -0.39 is 23.6 Å². The monoisotopic (exact) mass is 391 g/mol. The minimum Gasteiger partial charge on any atom is -0.477 e. The van der Waals surface area contributed by atoms with E-state index in [9.17, 15) is 19.5 Å². The van der Waals surface area contributed by atoms with Crippen LogP contribution in [0.15, 0.2) is 30.3 Å². The highest BCUT2D eigenvalue weighted by Crippen LogP contribution is 2.34. The summed E-state index contributed by atoms with van der Waals surface area (Å²) in [4.78, 5) is 36.0. The molecule has 0 saturated carbocycles. The van der Waals surface area contributed by atoms with Crippen molar-refractivity contribution in [1.82, 2.24) is 0 Å². The molecule has 0 atom stereocenters. The number of amides is 1. The maximum atomic E-state index is 12.5. The van der Waals surface area contributed by atoms with Crippen LogP contribution < -0.4 is 5.32 Å². The zero-order valence-electron chi connectivity index (χ0n) is 15.5. The molecule has 2 N–H and O–H groups in total. The minimum atomic E-state index is -1.19. The van der Waals surface area contributed by atoms with Crippen LogP contribution >= 0.6 is 11.3 Å². The van der Waals surface area contributed by atoms with Gasteiger partial charge < -0.3 is 14.6 Å². The molecule has 144 valence electrons. The second-order valence-corrected chi connectivity index (χ2v) is 7.77. The fourth-order valence-electron chi connectivity index (χ4n) is 2.23. The van der Waals surface area contributed by atoms with Gasteiger partial charge in [0.2, 0.25) is 0 Å². The SMILES string of the molecule is Cc1c(C(=O)O)sc(NC(=O)OCc2ccccc2)c1C(=O)OC(C)(C)C. The third kappa shape index (κ3) is 5.55. The summed E-state index contributed by atoms with van der Waals surface area (Å²) in [6.45, 7) is 6.65. The lowest BCUT2D eigenvalue weighted by atomic mass is 10.1. The fraction of sp³-hybridized carbons (Fsp3) is 0.316. The van der Waals surface area contributed by atoms with Crippen LogP contribution in [-0.2, 0) is 16.1 Å². The first-order valence-electron chi connectivity index (χ1n) is 8.16. The van der Waals surface area contributed by atoms with Crippen molar-refractivity contribution in [1.29, 1.82) is 0 Å². The summed E-state index contributed by atoms with van der Waals surface area (Å²) in [6.07, 6.45) is -0.790. The number of ether oxygens (including phenoxy) is 2. The highest BCUT2D eigenvalue weighted by atomic mass is 32.1. The Morgan fingerprint density at radius 3 is 2.33 bits per heavy atom. The molecule has 7 nitrogen and oxygen atoms in total. The zero-order valence-corrected chi connectivity index (χ0v) is 16.3. The number of thiophene rings is 1. The number of carboxylic acids is 1. The van der Waals surface area contributed by atoms with Crippen molar-refractivity contribution >= 4 is 34.4 Å². The minimum absolute atomic E-state index is 0.0176. The smallest absolute Gasteiger partial charge is 0.412 e. The van der Waals surface area contributed by atoms with Crippen LogP contribution in [0.4, 0.5) is 9.80 Å². The Bertz CT molecular complexity index is 851. The van der Waals surface area contributed by atoms with Gasteiger partial charge in [-0.3, -0.25) is 5.32 Å². The number of esters is 1. The summed E-state index contributed by atoms with van der Waals surface area (Å²) in [5.74, 6) is -1.89. The molecule has 0 spiro atoms. The quantitative estimate of drug-likeness (QED) is 0.730. The third-order valence-corrected chi connectivity index (χ3v) is 4.57. The lowest BCUT2D eigenvalue weighted by molar-refractivity contribution is 0.00705. The van der Waals surface area contributed by atoms with E-state index >= 15 is 0 Å². The largest absolute Gasteiger partial charge is 0.477 e. The van der Waals surface area contributed by atoms with Crippen LogP contribution in [0.1, 0.15) is 51.9 Å². The predicted octanol–water partition coefficient (Wildman–Crippen LogP) is 4.46. The number of rotatable bonds is 5. The molecule has 1 heterocycles. The number of benzene rings is 1. The number of carbonyl (C=O) groups is 3. The second kappa shape index (κ2) is 8.22. The molecule has 0 radical (unpaired) electrons. The maximum absolute atomic E-state index is 12.5. The Morgan fingerprint density at radius 2 is 1.78 bits per heavy atom. The first-order valence-corrected chi connectivity index (χ1v) is 8.98. The van der Waals surface area contributed by atoms with E-state index in [0.717, 1.165) is 16.9 Å². The lowest BCUT2D eigenvalue weighted by Crippen LogP contribution is -2.25.